The fourth-order valence-electron chi connectivity index (χ4n) is 6.90. The lowest BCUT2D eigenvalue weighted by Gasteiger charge is -2.39. The van der Waals surface area contributed by atoms with Crippen LogP contribution in [0.3, 0.4) is 0 Å². The summed E-state index contributed by atoms with van der Waals surface area (Å²) in [6.45, 7) is 30.3. The van der Waals surface area contributed by atoms with Gasteiger partial charge in [-0.15, -0.1) is 0 Å². The van der Waals surface area contributed by atoms with Gasteiger partial charge in [0.15, 0.2) is 0 Å². The summed E-state index contributed by atoms with van der Waals surface area (Å²) in [4.78, 5) is 0. The second-order valence-electron chi connectivity index (χ2n) is 15.1. The molecule has 1 rings (SSSR count). The van der Waals surface area contributed by atoms with Crippen molar-refractivity contribution in [3.8, 4) is 0 Å². The quantitative estimate of drug-likeness (QED) is 0.0426. The molecule has 1 aromatic rings. The van der Waals surface area contributed by atoms with Crippen molar-refractivity contribution in [2.24, 2.45) is 0 Å². The lowest BCUT2D eigenvalue weighted by Crippen LogP contribution is -2.50. The van der Waals surface area contributed by atoms with Crippen molar-refractivity contribution < 1.29 is 23.7 Å². The molecule has 5 nitrogen and oxygen atoms in total. The number of unbranched alkanes of at least 4 members (excludes halogenated alkanes) is 11. The molecule has 0 heterocycles. The van der Waals surface area contributed by atoms with Gasteiger partial charge in [0.2, 0.25) is 0 Å². The molecule has 0 saturated carbocycles. The Morgan fingerprint density at radius 3 is 1.00 bits per heavy atom. The van der Waals surface area contributed by atoms with E-state index in [1.54, 1.807) is 0 Å². The summed E-state index contributed by atoms with van der Waals surface area (Å²) in [5, 5.41) is 20.0. The number of hydrogen-bond donors (Lipinski definition) is 0. The second kappa shape index (κ2) is 37.8. The van der Waals surface area contributed by atoms with Gasteiger partial charge in [-0.25, -0.2) is 0 Å². The van der Waals surface area contributed by atoms with E-state index in [-0.39, 0.29) is 0 Å². The molecule has 296 valence electrons. The van der Waals surface area contributed by atoms with Crippen LogP contribution in [-0.4, -0.2) is 75.3 Å². The topological polar surface area (TPSA) is 55.3 Å². The molecule has 0 saturated heterocycles. The number of quaternary nitrogens is 2. The van der Waals surface area contributed by atoms with Crippen LogP contribution in [0.5, 0.6) is 0 Å². The van der Waals surface area contributed by atoms with Gasteiger partial charge in [-0.05, 0) is 76.2 Å². The lowest BCUT2D eigenvalue weighted by molar-refractivity contribution is -0.929. The summed E-state index contributed by atoms with van der Waals surface area (Å²) in [5.41, 5.74) is 1.36. The van der Waals surface area contributed by atoms with Crippen LogP contribution in [0.4, 0.5) is 0 Å². The molecule has 6 heteroatoms. The summed E-state index contributed by atoms with van der Waals surface area (Å²) in [6.07, 6.45) is 27.3. The standard InChI is InChI=1S/2C16H36N.C12H17BO3/c2*1-5-9-13-17(14-10-6-2,15-11-7-3)16-12-8-4;14-13(15)16-11-7-2-1-4-8-12-9-5-3-6-10-12/h2*5-16H2,1-4H3;3,5-6,9-10H,1-2,4,7-8,11H2/q2*+1;-2. The molecule has 0 unspecified atom stereocenters. The average molecular weight is 705 g/mol. The van der Waals surface area contributed by atoms with Crippen LogP contribution in [0.15, 0.2) is 30.3 Å². The molecular formula is C44H89BN2O3. The van der Waals surface area contributed by atoms with Crippen LogP contribution in [0.25, 0.3) is 0 Å². The normalized spacial score (nSPS) is 11.5. The molecule has 50 heavy (non-hydrogen) atoms. The number of benzene rings is 1. The van der Waals surface area contributed by atoms with Crippen molar-refractivity contribution in [1.82, 2.24) is 0 Å². The van der Waals surface area contributed by atoms with Crippen molar-refractivity contribution in [3.05, 3.63) is 35.9 Å². The van der Waals surface area contributed by atoms with Gasteiger partial charge in [-0.1, -0.05) is 150 Å². The molecule has 0 radical (unpaired) electrons. The van der Waals surface area contributed by atoms with Crippen LogP contribution in [0.1, 0.15) is 189 Å². The summed E-state index contributed by atoms with van der Waals surface area (Å²) in [7, 11) is -2.12. The predicted molar refractivity (Wildman–Crippen MR) is 219 cm³/mol. The minimum atomic E-state index is -2.12. The zero-order valence-electron chi connectivity index (χ0n) is 35.3. The molecule has 0 aromatic heterocycles. The van der Waals surface area contributed by atoms with Gasteiger partial charge >= 0.3 is 0 Å². The molecule has 0 bridgehead atoms. The zero-order chi connectivity index (χ0) is 37.6. The van der Waals surface area contributed by atoms with E-state index < -0.39 is 7.32 Å². The van der Waals surface area contributed by atoms with Crippen LogP contribution in [-0.2, 0) is 11.1 Å². The molecule has 0 amide bonds. The van der Waals surface area contributed by atoms with E-state index in [0.717, 1.165) is 32.1 Å². The fourth-order valence-corrected chi connectivity index (χ4v) is 6.90. The molecule has 0 fully saturated rings. The summed E-state index contributed by atoms with van der Waals surface area (Å²) >= 11 is 0. The first-order valence-electron chi connectivity index (χ1n) is 21.9. The van der Waals surface area contributed by atoms with E-state index in [1.807, 2.05) is 18.2 Å². The molecule has 0 aliphatic heterocycles. The summed E-state index contributed by atoms with van der Waals surface area (Å²) in [5.74, 6) is 0. The smallest absolute Gasteiger partial charge is 0.0786 e. The third-order valence-electron chi connectivity index (χ3n) is 10.3. The summed E-state index contributed by atoms with van der Waals surface area (Å²) in [6, 6.07) is 10.4. The van der Waals surface area contributed by atoms with E-state index in [1.165, 1.54) is 170 Å². The Kier molecular flexibility index (Phi) is 38.7. The van der Waals surface area contributed by atoms with E-state index in [0.29, 0.717) is 6.61 Å². The number of aryl methyl sites for hydroxylation is 1. The van der Waals surface area contributed by atoms with Crippen molar-refractivity contribution in [2.75, 3.05) is 59.0 Å². The molecule has 0 aliphatic rings. The second-order valence-corrected chi connectivity index (χ2v) is 15.1. The Hall–Kier alpha value is -0.915. The molecule has 0 atom stereocenters. The molecular weight excluding hydrogens is 615 g/mol. The maximum atomic E-state index is 10.0. The van der Waals surface area contributed by atoms with E-state index in [4.69, 9.17) is 0 Å². The van der Waals surface area contributed by atoms with Gasteiger partial charge < -0.3 is 23.7 Å². The molecule has 0 spiro atoms. The highest BCUT2D eigenvalue weighted by atomic mass is 16.6. The highest BCUT2D eigenvalue weighted by molar-refractivity contribution is 6.28. The first-order valence-corrected chi connectivity index (χ1v) is 21.9. The number of rotatable bonds is 32. The Morgan fingerprint density at radius 2 is 0.720 bits per heavy atom. The van der Waals surface area contributed by atoms with Crippen molar-refractivity contribution in [3.63, 3.8) is 0 Å². The van der Waals surface area contributed by atoms with Crippen LogP contribution in [0, 0.1) is 0 Å². The molecule has 0 N–H and O–H groups in total. The van der Waals surface area contributed by atoms with Gasteiger partial charge in [0.25, 0.3) is 0 Å². The van der Waals surface area contributed by atoms with Crippen molar-refractivity contribution >= 4 is 7.32 Å². The van der Waals surface area contributed by atoms with Crippen molar-refractivity contribution in [2.45, 2.75) is 190 Å². The van der Waals surface area contributed by atoms with Gasteiger partial charge in [0, 0.05) is 6.61 Å². The number of hydrogen-bond acceptors (Lipinski definition) is 3. The SMILES string of the molecule is CCCC[N+](CCCC)(CCCC)CCCC.CCCC[N+](CCCC)(CCCC)CCCC.[O-]B([O-])OCCCCCCc1ccccc1. The van der Waals surface area contributed by atoms with Gasteiger partial charge in [-0.3, -0.25) is 0 Å². The first kappa shape index (κ1) is 51.2. The van der Waals surface area contributed by atoms with E-state index in [2.05, 4.69) is 72.2 Å². The highest BCUT2D eigenvalue weighted by Crippen LogP contribution is 2.18. The fraction of sp³-hybridized carbons (Fsp3) is 0.864. The average Bonchev–Trinajstić information content (AvgIpc) is 3.14. The minimum Gasteiger partial charge on any atom is -0.871 e. The largest absolute Gasteiger partial charge is 0.871 e. The molecule has 1 aromatic carbocycles. The third-order valence-corrected chi connectivity index (χ3v) is 10.3. The van der Waals surface area contributed by atoms with Crippen LogP contribution in [0.2, 0.25) is 0 Å². The minimum absolute atomic E-state index is 0.295. The zero-order valence-corrected chi connectivity index (χ0v) is 35.3. The lowest BCUT2D eigenvalue weighted by atomic mass is 10.1. The maximum Gasteiger partial charge on any atom is 0.0786 e. The van der Waals surface area contributed by atoms with Gasteiger partial charge in [-0.2, -0.15) is 0 Å². The molecule has 0 aliphatic carbocycles. The van der Waals surface area contributed by atoms with E-state index in [9.17, 15) is 10.0 Å². The number of nitrogens with zero attached hydrogens (tertiary/aromatic N) is 2. The van der Waals surface area contributed by atoms with Gasteiger partial charge in [0.1, 0.15) is 0 Å². The van der Waals surface area contributed by atoms with Crippen LogP contribution >= 0.6 is 0 Å². The third kappa shape index (κ3) is 30.7. The predicted octanol–water partition coefficient (Wildman–Crippen LogP) is 10.5. The van der Waals surface area contributed by atoms with E-state index >= 15 is 0 Å². The maximum absolute atomic E-state index is 10.0. The Bertz CT molecular complexity index is 669. The Labute approximate surface area is 315 Å². The monoisotopic (exact) mass is 705 g/mol. The highest BCUT2D eigenvalue weighted by Gasteiger charge is 2.25. The Morgan fingerprint density at radius 1 is 0.420 bits per heavy atom. The van der Waals surface area contributed by atoms with Crippen molar-refractivity contribution in [1.29, 1.82) is 0 Å². The van der Waals surface area contributed by atoms with Gasteiger partial charge in [0.05, 0.1) is 59.7 Å². The Balaban J connectivity index is 0. The van der Waals surface area contributed by atoms with Crippen LogP contribution < -0.4 is 10.0 Å². The summed E-state index contributed by atoms with van der Waals surface area (Å²) < 4.78 is 7.24. The first-order chi connectivity index (χ1) is 24.3.